The number of fused-ring (bicyclic) bond motifs is 2. The van der Waals surface area contributed by atoms with Crippen molar-refractivity contribution in [1.82, 2.24) is 14.5 Å². The molecule has 0 amide bonds. The average Bonchev–Trinajstić information content (AvgIpc) is 3.27. The SMILES string of the molecule is CC1(C)O[C@@H]2[C@@H](CO[Si](C)(C)C(C)(C)C)C[C@@H](n3cnc4c(N)ncc(Br)c43)[C@@H]2O1. The van der Waals surface area contributed by atoms with Gasteiger partial charge in [0, 0.05) is 18.7 Å². The second kappa shape index (κ2) is 7.27. The molecule has 2 aliphatic rings. The highest BCUT2D eigenvalue weighted by atomic mass is 79.9. The van der Waals surface area contributed by atoms with Crippen molar-refractivity contribution in [2.24, 2.45) is 5.92 Å². The highest BCUT2D eigenvalue weighted by Crippen LogP contribution is 2.49. The molecule has 2 aromatic rings. The second-order valence-corrected chi connectivity index (χ2v) is 16.2. The molecule has 1 saturated carbocycles. The standard InChI is InChI=1S/C21H33BrN4O3Si/c1-20(2,3)30(6,7)27-10-12-8-14(18-17(12)28-21(4,5)29-18)26-11-25-15-16(26)13(22)9-24-19(15)23/h9,11-12,14,17-18H,8,10H2,1-7H3,(H2,23,24)/t12-,14-,17-,18+/m1/s1. The summed E-state index contributed by atoms with van der Waals surface area (Å²) in [5.74, 6) is 0.0757. The van der Waals surface area contributed by atoms with Gasteiger partial charge in [0.25, 0.3) is 0 Å². The summed E-state index contributed by atoms with van der Waals surface area (Å²) in [6.07, 6.45) is 4.41. The zero-order valence-corrected chi connectivity index (χ0v) is 21.5. The Morgan fingerprint density at radius 1 is 1.27 bits per heavy atom. The monoisotopic (exact) mass is 496 g/mol. The summed E-state index contributed by atoms with van der Waals surface area (Å²) in [4.78, 5) is 8.76. The van der Waals surface area contributed by atoms with Gasteiger partial charge in [-0.15, -0.1) is 0 Å². The minimum atomic E-state index is -1.85. The number of pyridine rings is 1. The quantitative estimate of drug-likeness (QED) is 0.607. The van der Waals surface area contributed by atoms with E-state index < -0.39 is 14.1 Å². The average molecular weight is 498 g/mol. The molecule has 1 aliphatic heterocycles. The van der Waals surface area contributed by atoms with Crippen LogP contribution < -0.4 is 5.73 Å². The van der Waals surface area contributed by atoms with Gasteiger partial charge in [-0.3, -0.25) is 0 Å². The molecule has 7 nitrogen and oxygen atoms in total. The van der Waals surface area contributed by atoms with Crippen molar-refractivity contribution in [3.05, 3.63) is 17.0 Å². The number of ether oxygens (including phenoxy) is 2. The van der Waals surface area contributed by atoms with Gasteiger partial charge in [-0.1, -0.05) is 20.8 Å². The van der Waals surface area contributed by atoms with E-state index in [2.05, 4.69) is 64.3 Å². The summed E-state index contributed by atoms with van der Waals surface area (Å²) in [6, 6.07) is 0.0906. The normalized spacial score (nSPS) is 28.9. The van der Waals surface area contributed by atoms with Crippen molar-refractivity contribution in [2.75, 3.05) is 12.3 Å². The van der Waals surface area contributed by atoms with Crippen LogP contribution in [0.2, 0.25) is 18.1 Å². The fraction of sp³-hybridized carbons (Fsp3) is 0.714. The van der Waals surface area contributed by atoms with Crippen LogP contribution in [0, 0.1) is 5.92 Å². The van der Waals surface area contributed by atoms with E-state index in [1.165, 1.54) is 0 Å². The summed E-state index contributed by atoms with van der Waals surface area (Å²) >= 11 is 3.63. The molecule has 0 spiro atoms. The molecule has 0 radical (unpaired) electrons. The first-order valence-corrected chi connectivity index (χ1v) is 14.3. The summed E-state index contributed by atoms with van der Waals surface area (Å²) in [6.45, 7) is 16.1. The minimum absolute atomic E-state index is 0.00909. The van der Waals surface area contributed by atoms with Crippen LogP contribution >= 0.6 is 15.9 Å². The third kappa shape index (κ3) is 3.72. The number of nitrogen functional groups attached to an aromatic ring is 1. The van der Waals surface area contributed by atoms with Gasteiger partial charge < -0.3 is 24.2 Å². The van der Waals surface area contributed by atoms with E-state index in [4.69, 9.17) is 19.6 Å². The van der Waals surface area contributed by atoms with Crippen molar-refractivity contribution in [3.8, 4) is 0 Å². The Kier molecular flexibility index (Phi) is 5.38. The number of rotatable bonds is 4. The van der Waals surface area contributed by atoms with Crippen LogP contribution in [0.3, 0.4) is 0 Å². The summed E-state index contributed by atoms with van der Waals surface area (Å²) in [5.41, 5.74) is 7.73. The molecule has 2 aromatic heterocycles. The van der Waals surface area contributed by atoms with Gasteiger partial charge in [-0.05, 0) is 54.3 Å². The molecule has 0 aromatic carbocycles. The number of nitrogens with zero attached hydrogens (tertiary/aromatic N) is 3. The van der Waals surface area contributed by atoms with Gasteiger partial charge in [0.05, 0.1) is 28.5 Å². The Morgan fingerprint density at radius 2 is 1.93 bits per heavy atom. The lowest BCUT2D eigenvalue weighted by molar-refractivity contribution is -0.161. The van der Waals surface area contributed by atoms with E-state index in [1.54, 1.807) is 6.20 Å². The van der Waals surface area contributed by atoms with E-state index in [1.807, 2.05) is 20.2 Å². The second-order valence-electron chi connectivity index (χ2n) is 10.5. The molecule has 2 fully saturated rings. The zero-order chi connectivity index (χ0) is 22.1. The largest absolute Gasteiger partial charge is 0.416 e. The maximum atomic E-state index is 6.59. The van der Waals surface area contributed by atoms with E-state index in [0.717, 1.165) is 16.4 Å². The molecule has 166 valence electrons. The van der Waals surface area contributed by atoms with E-state index in [0.29, 0.717) is 17.9 Å². The lowest BCUT2D eigenvalue weighted by Gasteiger charge is -2.37. The van der Waals surface area contributed by atoms with Gasteiger partial charge in [0.1, 0.15) is 11.6 Å². The predicted octanol–water partition coefficient (Wildman–Crippen LogP) is 4.88. The number of hydrogen-bond acceptors (Lipinski definition) is 6. The van der Waals surface area contributed by atoms with Gasteiger partial charge in [-0.2, -0.15) is 0 Å². The van der Waals surface area contributed by atoms with E-state index >= 15 is 0 Å². The van der Waals surface area contributed by atoms with Gasteiger partial charge in [0.15, 0.2) is 19.9 Å². The van der Waals surface area contributed by atoms with Crippen molar-refractivity contribution in [1.29, 1.82) is 0 Å². The number of nitrogens with two attached hydrogens (primary N) is 1. The first-order valence-electron chi connectivity index (χ1n) is 10.6. The lowest BCUT2D eigenvalue weighted by Crippen LogP contribution is -2.43. The lowest BCUT2D eigenvalue weighted by atomic mass is 10.1. The number of halogens is 1. The number of hydrogen-bond donors (Lipinski definition) is 1. The predicted molar refractivity (Wildman–Crippen MR) is 124 cm³/mol. The van der Waals surface area contributed by atoms with Crippen molar-refractivity contribution >= 4 is 41.1 Å². The third-order valence-corrected chi connectivity index (χ3v) is 12.0. The van der Waals surface area contributed by atoms with Crippen LogP contribution in [0.1, 0.15) is 47.1 Å². The maximum Gasteiger partial charge on any atom is 0.191 e. The third-order valence-electron chi connectivity index (χ3n) is 6.95. The molecule has 9 heteroatoms. The smallest absolute Gasteiger partial charge is 0.191 e. The van der Waals surface area contributed by atoms with Crippen molar-refractivity contribution in [2.45, 2.75) is 83.2 Å². The first kappa shape index (κ1) is 22.2. The molecule has 0 bridgehead atoms. The topological polar surface area (TPSA) is 84.4 Å². The van der Waals surface area contributed by atoms with Crippen LogP contribution in [0.15, 0.2) is 17.0 Å². The summed E-state index contributed by atoms with van der Waals surface area (Å²) in [5, 5.41) is 0.173. The number of imidazole rings is 1. The molecular weight excluding hydrogens is 464 g/mol. The van der Waals surface area contributed by atoms with Gasteiger partial charge in [0.2, 0.25) is 0 Å². The Labute approximate surface area is 187 Å². The van der Waals surface area contributed by atoms with Crippen LogP contribution in [0.4, 0.5) is 5.82 Å². The molecule has 1 saturated heterocycles. The molecule has 2 N–H and O–H groups in total. The fourth-order valence-electron chi connectivity index (χ4n) is 4.31. The van der Waals surface area contributed by atoms with Crippen LogP contribution in [0.25, 0.3) is 11.0 Å². The molecule has 1 aliphatic carbocycles. The molecule has 3 heterocycles. The van der Waals surface area contributed by atoms with Crippen LogP contribution in [-0.2, 0) is 13.9 Å². The van der Waals surface area contributed by atoms with Crippen molar-refractivity contribution in [3.63, 3.8) is 0 Å². The Morgan fingerprint density at radius 3 is 2.60 bits per heavy atom. The van der Waals surface area contributed by atoms with Crippen molar-refractivity contribution < 1.29 is 13.9 Å². The molecule has 4 atom stereocenters. The Hall–Kier alpha value is -1.00. The summed E-state index contributed by atoms with van der Waals surface area (Å²) in [7, 11) is -1.85. The zero-order valence-electron chi connectivity index (χ0n) is 18.9. The maximum absolute atomic E-state index is 6.59. The Balaban J connectivity index is 1.65. The minimum Gasteiger partial charge on any atom is -0.416 e. The first-order chi connectivity index (χ1) is 13.8. The Bertz CT molecular complexity index is 956. The van der Waals surface area contributed by atoms with E-state index in [9.17, 15) is 0 Å². The van der Waals surface area contributed by atoms with Crippen LogP contribution in [0.5, 0.6) is 0 Å². The molecule has 4 rings (SSSR count). The highest BCUT2D eigenvalue weighted by molar-refractivity contribution is 9.10. The summed E-state index contributed by atoms with van der Waals surface area (Å²) < 4.78 is 22.4. The fourth-order valence-corrected chi connectivity index (χ4v) is 5.87. The van der Waals surface area contributed by atoms with Crippen LogP contribution in [-0.4, -0.2) is 47.5 Å². The number of aromatic nitrogens is 3. The molecule has 30 heavy (non-hydrogen) atoms. The molecular formula is C21H33BrN4O3Si. The van der Waals surface area contributed by atoms with Gasteiger partial charge >= 0.3 is 0 Å². The number of anilines is 1. The molecule has 0 unspecified atom stereocenters. The van der Waals surface area contributed by atoms with Gasteiger partial charge in [-0.25, -0.2) is 9.97 Å². The van der Waals surface area contributed by atoms with E-state index in [-0.39, 0.29) is 29.2 Å². The highest BCUT2D eigenvalue weighted by Gasteiger charge is 2.55.